The molecule has 2 heteroatoms. The van der Waals surface area contributed by atoms with E-state index < -0.39 is 0 Å². The van der Waals surface area contributed by atoms with Gasteiger partial charge in [0.1, 0.15) is 0 Å². The summed E-state index contributed by atoms with van der Waals surface area (Å²) in [5.41, 5.74) is 0. The zero-order valence-electron chi connectivity index (χ0n) is 8.71. The van der Waals surface area contributed by atoms with Crippen LogP contribution in [-0.4, -0.2) is 49.6 Å². The van der Waals surface area contributed by atoms with E-state index in [1.807, 2.05) is 0 Å². The number of likely N-dealkylation sites (tertiary alicyclic amines) is 1. The SMILES string of the molecule is CCCN(C)C[C@H]1CCCN1C. The molecule has 1 atom stereocenters. The lowest BCUT2D eigenvalue weighted by atomic mass is 10.2. The van der Waals surface area contributed by atoms with Crippen molar-refractivity contribution in [3.8, 4) is 0 Å². The molecule has 0 bridgehead atoms. The normalized spacial score (nSPS) is 25.5. The van der Waals surface area contributed by atoms with E-state index in [-0.39, 0.29) is 0 Å². The minimum absolute atomic E-state index is 0.821. The van der Waals surface area contributed by atoms with E-state index in [0.29, 0.717) is 0 Å². The first-order valence-electron chi connectivity index (χ1n) is 5.12. The molecule has 0 radical (unpaired) electrons. The summed E-state index contributed by atoms with van der Waals surface area (Å²) < 4.78 is 0. The first-order chi connectivity index (χ1) is 5.74. The second-order valence-electron chi connectivity index (χ2n) is 4.04. The Balaban J connectivity index is 2.20. The van der Waals surface area contributed by atoms with Gasteiger partial charge in [0, 0.05) is 12.6 Å². The van der Waals surface area contributed by atoms with Crippen LogP contribution >= 0.6 is 0 Å². The van der Waals surface area contributed by atoms with E-state index in [9.17, 15) is 0 Å². The Morgan fingerprint density at radius 1 is 1.50 bits per heavy atom. The van der Waals surface area contributed by atoms with Crippen molar-refractivity contribution in [1.29, 1.82) is 0 Å². The van der Waals surface area contributed by atoms with Gasteiger partial charge in [0.05, 0.1) is 0 Å². The minimum atomic E-state index is 0.821. The summed E-state index contributed by atoms with van der Waals surface area (Å²) >= 11 is 0. The quantitative estimate of drug-likeness (QED) is 0.629. The number of nitrogens with zero attached hydrogens (tertiary/aromatic N) is 2. The molecule has 12 heavy (non-hydrogen) atoms. The summed E-state index contributed by atoms with van der Waals surface area (Å²) in [7, 11) is 4.48. The number of likely N-dealkylation sites (N-methyl/N-ethyl adjacent to an activating group) is 2. The van der Waals surface area contributed by atoms with Gasteiger partial charge in [-0.2, -0.15) is 0 Å². The molecule has 1 aliphatic heterocycles. The summed E-state index contributed by atoms with van der Waals surface area (Å²) in [5.74, 6) is 0. The highest BCUT2D eigenvalue weighted by molar-refractivity contribution is 4.78. The second-order valence-corrected chi connectivity index (χ2v) is 4.04. The lowest BCUT2D eigenvalue weighted by Crippen LogP contribution is -2.36. The van der Waals surface area contributed by atoms with E-state index in [0.717, 1.165) is 6.04 Å². The first-order valence-corrected chi connectivity index (χ1v) is 5.12. The zero-order chi connectivity index (χ0) is 8.97. The van der Waals surface area contributed by atoms with Gasteiger partial charge in [-0.25, -0.2) is 0 Å². The summed E-state index contributed by atoms with van der Waals surface area (Å²) in [6.45, 7) is 6.04. The predicted molar refractivity (Wildman–Crippen MR) is 53.4 cm³/mol. The molecule has 72 valence electrons. The molecule has 0 aliphatic carbocycles. The molecular weight excluding hydrogens is 148 g/mol. The summed E-state index contributed by atoms with van der Waals surface area (Å²) in [5, 5.41) is 0. The average molecular weight is 170 g/mol. The van der Waals surface area contributed by atoms with E-state index in [1.54, 1.807) is 0 Å². The highest BCUT2D eigenvalue weighted by Crippen LogP contribution is 2.15. The van der Waals surface area contributed by atoms with Crippen LogP contribution in [0.2, 0.25) is 0 Å². The molecule has 1 aliphatic rings. The number of hydrogen-bond donors (Lipinski definition) is 0. The highest BCUT2D eigenvalue weighted by atomic mass is 15.2. The van der Waals surface area contributed by atoms with Gasteiger partial charge in [-0.15, -0.1) is 0 Å². The monoisotopic (exact) mass is 170 g/mol. The van der Waals surface area contributed by atoms with Gasteiger partial charge >= 0.3 is 0 Å². The van der Waals surface area contributed by atoms with E-state index in [2.05, 4.69) is 30.8 Å². The molecule has 0 N–H and O–H groups in total. The average Bonchev–Trinajstić information content (AvgIpc) is 2.37. The molecule has 0 amide bonds. The van der Waals surface area contributed by atoms with Crippen LogP contribution in [0.1, 0.15) is 26.2 Å². The fourth-order valence-corrected chi connectivity index (χ4v) is 2.04. The van der Waals surface area contributed by atoms with Crippen molar-refractivity contribution in [3.63, 3.8) is 0 Å². The van der Waals surface area contributed by atoms with E-state index in [1.165, 1.54) is 38.9 Å². The molecule has 0 aromatic carbocycles. The Kier molecular flexibility index (Phi) is 4.02. The van der Waals surface area contributed by atoms with Crippen molar-refractivity contribution in [2.24, 2.45) is 0 Å². The fourth-order valence-electron chi connectivity index (χ4n) is 2.04. The molecule has 0 saturated carbocycles. The maximum absolute atomic E-state index is 2.49. The summed E-state index contributed by atoms with van der Waals surface area (Å²) in [6.07, 6.45) is 4.05. The molecule has 1 rings (SSSR count). The van der Waals surface area contributed by atoms with Crippen LogP contribution in [0.3, 0.4) is 0 Å². The maximum atomic E-state index is 2.49. The standard InChI is InChI=1S/C10H22N2/c1-4-7-11(2)9-10-6-5-8-12(10)3/h10H,4-9H2,1-3H3/t10-/m1/s1. The van der Waals surface area contributed by atoms with Crippen molar-refractivity contribution in [2.45, 2.75) is 32.2 Å². The lowest BCUT2D eigenvalue weighted by molar-refractivity contribution is 0.220. The topological polar surface area (TPSA) is 6.48 Å². The third-order valence-corrected chi connectivity index (χ3v) is 2.80. The largest absolute Gasteiger partial charge is 0.305 e. The van der Waals surface area contributed by atoms with Gasteiger partial charge in [0.2, 0.25) is 0 Å². The first kappa shape index (κ1) is 10.0. The van der Waals surface area contributed by atoms with Gasteiger partial charge < -0.3 is 9.80 Å². The molecule has 1 saturated heterocycles. The smallest absolute Gasteiger partial charge is 0.0220 e. The Bertz CT molecular complexity index is 125. The van der Waals surface area contributed by atoms with Gasteiger partial charge in [0.25, 0.3) is 0 Å². The van der Waals surface area contributed by atoms with Crippen LogP contribution in [0.25, 0.3) is 0 Å². The number of hydrogen-bond acceptors (Lipinski definition) is 2. The Morgan fingerprint density at radius 2 is 2.25 bits per heavy atom. The Morgan fingerprint density at radius 3 is 2.75 bits per heavy atom. The molecule has 2 nitrogen and oxygen atoms in total. The van der Waals surface area contributed by atoms with Crippen molar-refractivity contribution in [1.82, 2.24) is 9.80 Å². The van der Waals surface area contributed by atoms with Crippen LogP contribution in [-0.2, 0) is 0 Å². The van der Waals surface area contributed by atoms with Gasteiger partial charge in [0.15, 0.2) is 0 Å². The zero-order valence-corrected chi connectivity index (χ0v) is 8.71. The third-order valence-electron chi connectivity index (χ3n) is 2.80. The predicted octanol–water partition coefficient (Wildman–Crippen LogP) is 1.42. The molecular formula is C10H22N2. The maximum Gasteiger partial charge on any atom is 0.0220 e. The molecule has 1 fully saturated rings. The van der Waals surface area contributed by atoms with Gasteiger partial charge in [-0.05, 0) is 46.4 Å². The van der Waals surface area contributed by atoms with Crippen molar-refractivity contribution in [2.75, 3.05) is 33.7 Å². The Hall–Kier alpha value is -0.0800. The van der Waals surface area contributed by atoms with Crippen LogP contribution in [0.4, 0.5) is 0 Å². The summed E-state index contributed by atoms with van der Waals surface area (Å²) in [4.78, 5) is 4.94. The molecule has 0 spiro atoms. The van der Waals surface area contributed by atoms with Crippen molar-refractivity contribution in [3.05, 3.63) is 0 Å². The van der Waals surface area contributed by atoms with E-state index >= 15 is 0 Å². The molecule has 0 unspecified atom stereocenters. The van der Waals surface area contributed by atoms with Crippen LogP contribution in [0.15, 0.2) is 0 Å². The van der Waals surface area contributed by atoms with Crippen molar-refractivity contribution < 1.29 is 0 Å². The van der Waals surface area contributed by atoms with Gasteiger partial charge in [-0.3, -0.25) is 0 Å². The van der Waals surface area contributed by atoms with Gasteiger partial charge in [-0.1, -0.05) is 6.92 Å². The van der Waals surface area contributed by atoms with Crippen LogP contribution in [0, 0.1) is 0 Å². The molecule has 1 heterocycles. The third kappa shape index (κ3) is 2.76. The van der Waals surface area contributed by atoms with Crippen molar-refractivity contribution >= 4 is 0 Å². The highest BCUT2D eigenvalue weighted by Gasteiger charge is 2.21. The minimum Gasteiger partial charge on any atom is -0.305 e. The lowest BCUT2D eigenvalue weighted by Gasteiger charge is -2.25. The van der Waals surface area contributed by atoms with Crippen LogP contribution < -0.4 is 0 Å². The fraction of sp³-hybridized carbons (Fsp3) is 1.00. The molecule has 0 aromatic rings. The number of rotatable bonds is 4. The van der Waals surface area contributed by atoms with E-state index in [4.69, 9.17) is 0 Å². The second kappa shape index (κ2) is 4.83. The Labute approximate surface area is 76.5 Å². The van der Waals surface area contributed by atoms with Crippen LogP contribution in [0.5, 0.6) is 0 Å². The molecule has 0 aromatic heterocycles. The summed E-state index contributed by atoms with van der Waals surface area (Å²) in [6, 6.07) is 0.821.